The topological polar surface area (TPSA) is 138 Å². The fourth-order valence-corrected chi connectivity index (χ4v) is 8.11. The molecule has 0 aliphatic heterocycles. The lowest BCUT2D eigenvalue weighted by molar-refractivity contribution is -0.143. The summed E-state index contributed by atoms with van der Waals surface area (Å²) in [5.74, 6) is -2.55. The third-order valence-electron chi connectivity index (χ3n) is 10.5. The highest BCUT2D eigenvalue weighted by molar-refractivity contribution is 8.00. The Morgan fingerprint density at radius 2 is 1.64 bits per heavy atom. The highest BCUT2D eigenvalue weighted by Gasteiger charge is 2.53. The number of aldehydes is 1. The number of carbonyl (C=O) groups is 2. The molecular formula is C45H49ClF10N8O4S2. The molecule has 3 aromatic heterocycles. The van der Waals surface area contributed by atoms with Crippen LogP contribution in [-0.4, -0.2) is 109 Å². The number of anilines is 1. The Balaban J connectivity index is 0.00000124. The quantitative estimate of drug-likeness (QED) is 0.0672. The van der Waals surface area contributed by atoms with Gasteiger partial charge in [0.1, 0.15) is 53.4 Å². The van der Waals surface area contributed by atoms with E-state index < -0.39 is 106 Å². The number of hydrogen-bond acceptors (Lipinski definition) is 9. The van der Waals surface area contributed by atoms with E-state index in [0.717, 1.165) is 29.8 Å². The number of thioether (sulfide) groups is 1. The highest BCUT2D eigenvalue weighted by Crippen LogP contribution is 2.52. The molecule has 70 heavy (non-hydrogen) atoms. The van der Waals surface area contributed by atoms with Crippen LogP contribution in [0.25, 0.3) is 22.0 Å². The molecule has 0 bridgehead atoms. The summed E-state index contributed by atoms with van der Waals surface area (Å²) >= 11 is 8.00. The van der Waals surface area contributed by atoms with Crippen LogP contribution < -0.4 is 9.62 Å². The van der Waals surface area contributed by atoms with Crippen LogP contribution in [0.5, 0.6) is 0 Å². The van der Waals surface area contributed by atoms with E-state index in [-0.39, 0.29) is 54.5 Å². The van der Waals surface area contributed by atoms with E-state index in [4.69, 9.17) is 21.7 Å². The molecule has 382 valence electrons. The number of fused-ring (bicyclic) bond motifs is 2. The first kappa shape index (κ1) is 57.4. The standard InChI is InChI=1S/C40H36ClF10N7O2S2.C4H9NO.CH4O/c1-20-17-38(44,45)35-30(20)34(40(49,50)51)54-57(35)18-29(59)53-28(15-21-13-22(42)16-23(43)14-21)32-25(8-7-24(52-32)11-12-37(2,3)61-5)26-9-10-27(41)31-33(26)58(19-39(46,47)48)55-36(31)56(4)62(6)60;1-5(2)3-4-6;1-2/h7-10,13-14,16,20,28H,15,17-19H2,1-6H3,(H,53,59);4H,3H2,1-2H3;2H,1H3/t20-,28?,62?;;/m0../s1. The molecule has 2 unspecified atom stereocenters. The summed E-state index contributed by atoms with van der Waals surface area (Å²) in [7, 11) is 4.22. The third kappa shape index (κ3) is 14.0. The van der Waals surface area contributed by atoms with Crippen molar-refractivity contribution in [2.45, 2.75) is 81.7 Å². The van der Waals surface area contributed by atoms with Gasteiger partial charge in [-0.25, -0.2) is 18.0 Å². The second-order valence-corrected chi connectivity index (χ2v) is 19.8. The van der Waals surface area contributed by atoms with E-state index in [9.17, 15) is 48.9 Å². The van der Waals surface area contributed by atoms with Gasteiger partial charge in [-0.15, -0.1) is 11.8 Å². The third-order valence-corrected chi connectivity index (χ3v) is 12.9. The van der Waals surface area contributed by atoms with Crippen LogP contribution in [0, 0.1) is 23.5 Å². The number of likely N-dealkylation sites (N-methyl/N-ethyl adjacent to an activating group) is 1. The Bertz CT molecular complexity index is 2770. The lowest BCUT2D eigenvalue weighted by Gasteiger charge is -2.23. The van der Waals surface area contributed by atoms with Crippen molar-refractivity contribution in [1.82, 2.24) is 34.8 Å². The van der Waals surface area contributed by atoms with Crippen molar-refractivity contribution in [1.29, 1.82) is 0 Å². The van der Waals surface area contributed by atoms with E-state index in [0.29, 0.717) is 17.3 Å². The number of alkyl halides is 8. The number of amides is 1. The molecule has 6 rings (SSSR count). The van der Waals surface area contributed by atoms with Gasteiger partial charge < -0.3 is 20.1 Å². The number of hydrogen-bond donors (Lipinski definition) is 2. The van der Waals surface area contributed by atoms with E-state index in [1.54, 1.807) is 6.26 Å². The lowest BCUT2D eigenvalue weighted by Crippen LogP contribution is -2.35. The second kappa shape index (κ2) is 22.9. The molecule has 1 aliphatic carbocycles. The van der Waals surface area contributed by atoms with E-state index in [2.05, 4.69) is 27.4 Å². The van der Waals surface area contributed by atoms with Crippen LogP contribution in [0.2, 0.25) is 5.02 Å². The highest BCUT2D eigenvalue weighted by atomic mass is 35.5. The van der Waals surface area contributed by atoms with Crippen LogP contribution >= 0.6 is 23.4 Å². The number of aliphatic hydroxyl groups excluding tert-OH is 1. The van der Waals surface area contributed by atoms with Crippen molar-refractivity contribution < 1.29 is 62.8 Å². The summed E-state index contributed by atoms with van der Waals surface area (Å²) in [5.41, 5.74) is -3.89. The molecule has 0 fully saturated rings. The molecule has 1 amide bonds. The predicted molar refractivity (Wildman–Crippen MR) is 249 cm³/mol. The van der Waals surface area contributed by atoms with Crippen molar-refractivity contribution in [3.63, 3.8) is 0 Å². The first-order chi connectivity index (χ1) is 32.5. The minimum Gasteiger partial charge on any atom is -0.400 e. The van der Waals surface area contributed by atoms with Gasteiger partial charge in [0.05, 0.1) is 39.0 Å². The van der Waals surface area contributed by atoms with Gasteiger partial charge in [-0.05, 0) is 88.4 Å². The number of benzene rings is 2. The Kier molecular flexibility index (Phi) is 18.8. The summed E-state index contributed by atoms with van der Waals surface area (Å²) in [4.78, 5) is 30.1. The maximum Gasteiger partial charge on any atom is 0.435 e. The number of nitrogens with one attached hydrogen (secondary N) is 1. The predicted octanol–water partition coefficient (Wildman–Crippen LogP) is 9.08. The molecule has 0 radical (unpaired) electrons. The van der Waals surface area contributed by atoms with Crippen molar-refractivity contribution in [3.05, 3.63) is 93.0 Å². The zero-order valence-corrected chi connectivity index (χ0v) is 41.5. The van der Waals surface area contributed by atoms with Gasteiger partial charge in [-0.1, -0.05) is 30.5 Å². The Labute approximate surface area is 408 Å². The first-order valence-corrected chi connectivity index (χ1v) is 23.8. The van der Waals surface area contributed by atoms with Crippen LogP contribution in [0.4, 0.5) is 49.7 Å². The van der Waals surface area contributed by atoms with Crippen molar-refractivity contribution >= 4 is 63.3 Å². The Morgan fingerprint density at radius 3 is 2.17 bits per heavy atom. The van der Waals surface area contributed by atoms with Gasteiger partial charge in [-0.3, -0.25) is 18.5 Å². The second-order valence-electron chi connectivity index (χ2n) is 16.5. The molecule has 0 spiro atoms. The SMILES string of the molecule is CN(C)CC=O.CO.CSC(C)(C)C#Cc1ccc(-c2ccc(Cl)c3c(N(C)S(C)=O)nn(CC(F)(F)F)c23)c(C(Cc2cc(F)cc(F)c2)NC(=O)Cn2nc(C(F)(F)F)c3c2C(F)(F)C[C@@H]3C)n1. The van der Waals surface area contributed by atoms with E-state index in [1.807, 2.05) is 32.8 Å². The summed E-state index contributed by atoms with van der Waals surface area (Å²) in [6.07, 6.45) is -7.54. The Hall–Kier alpha value is -5.22. The van der Waals surface area contributed by atoms with E-state index >= 15 is 8.78 Å². The summed E-state index contributed by atoms with van der Waals surface area (Å²) < 4.78 is 159. The van der Waals surface area contributed by atoms with Crippen molar-refractivity contribution in [3.8, 4) is 23.0 Å². The molecule has 3 atom stereocenters. The number of pyridine rings is 1. The molecule has 3 heterocycles. The molecule has 25 heteroatoms. The monoisotopic (exact) mass is 1050 g/mol. The van der Waals surface area contributed by atoms with Crippen LogP contribution in [0.15, 0.2) is 42.5 Å². The zero-order chi connectivity index (χ0) is 52.8. The molecule has 1 aliphatic rings. The Morgan fingerprint density at radius 1 is 1.03 bits per heavy atom. The number of aliphatic hydroxyl groups is 1. The minimum atomic E-state index is -5.15. The van der Waals surface area contributed by atoms with Crippen molar-refractivity contribution in [2.24, 2.45) is 0 Å². The molecule has 5 aromatic rings. The van der Waals surface area contributed by atoms with Gasteiger partial charge in [-0.2, -0.15) is 45.3 Å². The first-order valence-electron chi connectivity index (χ1n) is 20.7. The van der Waals surface area contributed by atoms with Crippen LogP contribution in [0.3, 0.4) is 0 Å². The minimum absolute atomic E-state index is 0.00152. The molecule has 2 aromatic carbocycles. The maximum atomic E-state index is 15.3. The fourth-order valence-electron chi connectivity index (χ4n) is 7.35. The van der Waals surface area contributed by atoms with Crippen LogP contribution in [0.1, 0.15) is 73.1 Å². The number of aromatic nitrogens is 5. The zero-order valence-electron chi connectivity index (χ0n) is 39.1. The van der Waals surface area contributed by atoms with Gasteiger partial charge in [0, 0.05) is 49.6 Å². The summed E-state index contributed by atoms with van der Waals surface area (Å²) in [6, 6.07) is 6.41. The molecule has 0 saturated heterocycles. The average Bonchev–Trinajstić information content (AvgIpc) is 3.90. The fraction of sp³-hybridized carbons (Fsp3) is 0.444. The van der Waals surface area contributed by atoms with Gasteiger partial charge >= 0.3 is 12.4 Å². The van der Waals surface area contributed by atoms with E-state index in [1.165, 1.54) is 56.3 Å². The largest absolute Gasteiger partial charge is 0.435 e. The van der Waals surface area contributed by atoms with Gasteiger partial charge in [0.15, 0.2) is 11.5 Å². The molecular weight excluding hydrogens is 1010 g/mol. The number of nitrogens with zero attached hydrogens (tertiary/aromatic N) is 7. The van der Waals surface area contributed by atoms with Gasteiger partial charge in [0.2, 0.25) is 5.91 Å². The smallest absolute Gasteiger partial charge is 0.400 e. The summed E-state index contributed by atoms with van der Waals surface area (Å²) in [5, 5.41) is 17.0. The van der Waals surface area contributed by atoms with Crippen LogP contribution in [-0.2, 0) is 52.2 Å². The molecule has 12 nitrogen and oxygen atoms in total. The lowest BCUT2D eigenvalue weighted by atomic mass is 9.93. The van der Waals surface area contributed by atoms with Gasteiger partial charge in [0.25, 0.3) is 5.92 Å². The summed E-state index contributed by atoms with van der Waals surface area (Å²) in [6.45, 7) is 2.49. The van der Waals surface area contributed by atoms with Crippen molar-refractivity contribution in [2.75, 3.05) is 51.6 Å². The normalized spacial score (nSPS) is 15.2. The number of carbonyl (C=O) groups excluding carboxylic acids is 2. The molecule has 0 saturated carbocycles. The molecule has 2 N–H and O–H groups in total. The number of rotatable bonds is 13. The average molecular weight is 1060 g/mol. The number of halogens is 11. The maximum absolute atomic E-state index is 15.3.